The highest BCUT2D eigenvalue weighted by Crippen LogP contribution is 2.41. The number of aromatic nitrogens is 4. The monoisotopic (exact) mass is 357 g/mol. The van der Waals surface area contributed by atoms with E-state index < -0.39 is 0 Å². The van der Waals surface area contributed by atoms with Crippen LogP contribution in [0.3, 0.4) is 0 Å². The van der Waals surface area contributed by atoms with Gasteiger partial charge in [-0.1, -0.05) is 5.16 Å². The van der Waals surface area contributed by atoms with E-state index in [0.717, 1.165) is 38.0 Å². The molecule has 8 heteroatoms. The zero-order valence-electron chi connectivity index (χ0n) is 14.9. The van der Waals surface area contributed by atoms with Gasteiger partial charge in [-0.15, -0.1) is 0 Å². The molecule has 2 aliphatic rings. The number of hydrogen-bond acceptors (Lipinski definition) is 7. The molecule has 1 saturated heterocycles. The third-order valence-electron chi connectivity index (χ3n) is 5.25. The molecule has 1 aliphatic carbocycles. The van der Waals surface area contributed by atoms with Gasteiger partial charge in [-0.05, 0) is 38.2 Å². The van der Waals surface area contributed by atoms with E-state index in [-0.39, 0.29) is 17.1 Å². The number of amides is 1. The molecule has 3 heterocycles. The van der Waals surface area contributed by atoms with Crippen molar-refractivity contribution in [2.24, 2.45) is 0 Å². The van der Waals surface area contributed by atoms with E-state index in [1.165, 1.54) is 0 Å². The predicted octanol–water partition coefficient (Wildman–Crippen LogP) is 1.95. The van der Waals surface area contributed by atoms with Crippen molar-refractivity contribution in [1.29, 1.82) is 0 Å². The third-order valence-corrected chi connectivity index (χ3v) is 5.25. The second-order valence-electron chi connectivity index (χ2n) is 7.16. The molecule has 2 aromatic heterocycles. The van der Waals surface area contributed by atoms with Gasteiger partial charge in [0.25, 0.3) is 5.91 Å². The summed E-state index contributed by atoms with van der Waals surface area (Å²) in [5.74, 6) is 1.91. The minimum absolute atomic E-state index is 0.155. The average Bonchev–Trinajstić information content (AvgIpc) is 3.43. The molecule has 1 atom stereocenters. The van der Waals surface area contributed by atoms with Gasteiger partial charge in [0.15, 0.2) is 5.82 Å². The van der Waals surface area contributed by atoms with Gasteiger partial charge < -0.3 is 14.2 Å². The van der Waals surface area contributed by atoms with Crippen LogP contribution in [0.2, 0.25) is 0 Å². The van der Waals surface area contributed by atoms with Gasteiger partial charge >= 0.3 is 0 Å². The third kappa shape index (κ3) is 3.33. The van der Waals surface area contributed by atoms with Crippen molar-refractivity contribution in [1.82, 2.24) is 25.0 Å². The predicted molar refractivity (Wildman–Crippen MR) is 91.6 cm³/mol. The van der Waals surface area contributed by atoms with Gasteiger partial charge in [0.2, 0.25) is 11.7 Å². The smallest absolute Gasteiger partial charge is 0.291 e. The van der Waals surface area contributed by atoms with Crippen LogP contribution in [0.25, 0.3) is 0 Å². The number of ether oxygens (including phenoxy) is 1. The van der Waals surface area contributed by atoms with Crippen molar-refractivity contribution >= 4 is 5.91 Å². The Labute approximate surface area is 152 Å². The number of methoxy groups -OCH3 is 1. The summed E-state index contributed by atoms with van der Waals surface area (Å²) in [4.78, 5) is 27.5. The molecule has 0 spiro atoms. The van der Waals surface area contributed by atoms with E-state index in [0.29, 0.717) is 31.4 Å². The molecule has 4 rings (SSSR count). The number of rotatable bonds is 6. The fourth-order valence-corrected chi connectivity index (χ4v) is 3.60. The average molecular weight is 357 g/mol. The number of nitrogens with zero attached hydrogens (tertiary/aromatic N) is 5. The lowest BCUT2D eigenvalue weighted by molar-refractivity contribution is 0.0555. The van der Waals surface area contributed by atoms with Crippen LogP contribution < -0.4 is 0 Å². The SMILES string of the molecule is COCCC1(c2noc(C3CC3)n2)CCCN(C(=O)c2ncccn2)C1. The largest absolute Gasteiger partial charge is 0.385 e. The van der Waals surface area contributed by atoms with Crippen LogP contribution in [0.1, 0.15) is 60.4 Å². The van der Waals surface area contributed by atoms with Crippen molar-refractivity contribution < 1.29 is 14.1 Å². The molecule has 138 valence electrons. The first-order valence-corrected chi connectivity index (χ1v) is 9.11. The minimum Gasteiger partial charge on any atom is -0.385 e. The first-order chi connectivity index (χ1) is 12.7. The second kappa shape index (κ2) is 7.11. The van der Waals surface area contributed by atoms with Crippen LogP contribution in [0, 0.1) is 0 Å². The Kier molecular flexibility index (Phi) is 4.67. The quantitative estimate of drug-likeness (QED) is 0.780. The molecule has 0 radical (unpaired) electrons. The van der Waals surface area contributed by atoms with Crippen molar-refractivity contribution in [3.63, 3.8) is 0 Å². The summed E-state index contributed by atoms with van der Waals surface area (Å²) in [6, 6.07) is 1.70. The van der Waals surface area contributed by atoms with E-state index in [4.69, 9.17) is 9.26 Å². The van der Waals surface area contributed by atoms with Crippen LogP contribution in [0.4, 0.5) is 0 Å². The number of likely N-dealkylation sites (tertiary alicyclic amines) is 1. The summed E-state index contributed by atoms with van der Waals surface area (Å²) in [6.45, 7) is 1.79. The highest BCUT2D eigenvalue weighted by molar-refractivity contribution is 5.90. The first kappa shape index (κ1) is 17.1. The summed E-state index contributed by atoms with van der Waals surface area (Å²) < 4.78 is 10.8. The summed E-state index contributed by atoms with van der Waals surface area (Å²) in [6.07, 6.45) is 7.92. The molecular weight excluding hydrogens is 334 g/mol. The number of hydrogen-bond donors (Lipinski definition) is 0. The molecule has 0 N–H and O–H groups in total. The molecule has 1 saturated carbocycles. The Morgan fingerprint density at radius 2 is 2.19 bits per heavy atom. The van der Waals surface area contributed by atoms with Crippen LogP contribution in [0.5, 0.6) is 0 Å². The lowest BCUT2D eigenvalue weighted by Gasteiger charge is -2.40. The van der Waals surface area contributed by atoms with Crippen LogP contribution >= 0.6 is 0 Å². The maximum absolute atomic E-state index is 12.8. The van der Waals surface area contributed by atoms with Gasteiger partial charge in [0.05, 0.1) is 5.41 Å². The van der Waals surface area contributed by atoms with E-state index in [1.54, 1.807) is 25.6 Å². The fraction of sp³-hybridized carbons (Fsp3) is 0.611. The minimum atomic E-state index is -0.352. The fourth-order valence-electron chi connectivity index (χ4n) is 3.60. The van der Waals surface area contributed by atoms with E-state index in [2.05, 4.69) is 20.1 Å². The van der Waals surface area contributed by atoms with Crippen LogP contribution in [-0.2, 0) is 10.2 Å². The highest BCUT2D eigenvalue weighted by atomic mass is 16.5. The molecule has 1 amide bonds. The van der Waals surface area contributed by atoms with E-state index in [9.17, 15) is 4.79 Å². The van der Waals surface area contributed by atoms with Crippen molar-refractivity contribution in [3.05, 3.63) is 36.0 Å². The molecule has 2 fully saturated rings. The Balaban J connectivity index is 1.59. The standard InChI is InChI=1S/C18H23N5O3/c1-25-11-7-18(17-21-15(26-22-17)13-4-5-13)6-2-10-23(12-18)16(24)14-19-8-3-9-20-14/h3,8-9,13H,2,4-7,10-12H2,1H3. The van der Waals surface area contributed by atoms with Gasteiger partial charge in [0.1, 0.15) is 0 Å². The molecule has 2 aromatic rings. The summed E-state index contributed by atoms with van der Waals surface area (Å²) in [7, 11) is 1.68. The molecule has 0 bridgehead atoms. The van der Waals surface area contributed by atoms with Crippen molar-refractivity contribution in [2.45, 2.75) is 43.4 Å². The molecule has 8 nitrogen and oxygen atoms in total. The lowest BCUT2D eigenvalue weighted by atomic mass is 9.76. The first-order valence-electron chi connectivity index (χ1n) is 9.11. The van der Waals surface area contributed by atoms with E-state index in [1.807, 2.05) is 4.90 Å². The van der Waals surface area contributed by atoms with E-state index >= 15 is 0 Å². The zero-order valence-corrected chi connectivity index (χ0v) is 14.9. The number of carbonyl (C=O) groups is 1. The maximum Gasteiger partial charge on any atom is 0.291 e. The molecule has 26 heavy (non-hydrogen) atoms. The number of carbonyl (C=O) groups excluding carboxylic acids is 1. The Morgan fingerprint density at radius 1 is 1.38 bits per heavy atom. The van der Waals surface area contributed by atoms with Crippen molar-refractivity contribution in [2.75, 3.05) is 26.8 Å². The van der Waals surface area contributed by atoms with Gasteiger partial charge in [-0.3, -0.25) is 4.79 Å². The second-order valence-corrected chi connectivity index (χ2v) is 7.16. The van der Waals surface area contributed by atoms with Gasteiger partial charge in [-0.25, -0.2) is 9.97 Å². The lowest BCUT2D eigenvalue weighted by Crippen LogP contribution is -2.50. The Bertz CT molecular complexity index is 761. The van der Waals surface area contributed by atoms with Gasteiger partial charge in [-0.2, -0.15) is 4.98 Å². The van der Waals surface area contributed by atoms with Gasteiger partial charge in [0, 0.05) is 45.1 Å². The van der Waals surface area contributed by atoms with Crippen LogP contribution in [0.15, 0.2) is 23.0 Å². The maximum atomic E-state index is 12.8. The zero-order chi connectivity index (χ0) is 18.0. The van der Waals surface area contributed by atoms with Crippen molar-refractivity contribution in [3.8, 4) is 0 Å². The molecule has 1 aliphatic heterocycles. The summed E-state index contributed by atoms with van der Waals surface area (Å²) >= 11 is 0. The Morgan fingerprint density at radius 3 is 2.92 bits per heavy atom. The number of piperidine rings is 1. The Hall–Kier alpha value is -2.35. The van der Waals surface area contributed by atoms with Crippen LogP contribution in [-0.4, -0.2) is 57.7 Å². The molecular formula is C18H23N5O3. The highest BCUT2D eigenvalue weighted by Gasteiger charge is 2.43. The summed E-state index contributed by atoms with van der Waals surface area (Å²) in [5.41, 5.74) is -0.352. The normalized spacial score (nSPS) is 23.2. The summed E-state index contributed by atoms with van der Waals surface area (Å²) in [5, 5.41) is 4.28. The molecule has 1 unspecified atom stereocenters. The topological polar surface area (TPSA) is 94.2 Å². The molecule has 0 aromatic carbocycles.